The molecule has 4 nitrogen and oxygen atoms in total. The van der Waals surface area contributed by atoms with E-state index in [1.165, 1.54) is 5.56 Å². The summed E-state index contributed by atoms with van der Waals surface area (Å²) in [6, 6.07) is 8.20. The van der Waals surface area contributed by atoms with Crippen LogP contribution in [0.5, 0.6) is 0 Å². The monoisotopic (exact) mass is 316 g/mol. The fourth-order valence-corrected chi connectivity index (χ4v) is 2.91. The van der Waals surface area contributed by atoms with Crippen LogP contribution < -0.4 is 5.32 Å². The van der Waals surface area contributed by atoms with Gasteiger partial charge < -0.3 is 10.2 Å². The molecule has 1 fully saturated rings. The molecule has 0 radical (unpaired) electrons. The molecule has 2 amide bonds. The van der Waals surface area contributed by atoms with Gasteiger partial charge in [-0.15, -0.1) is 0 Å². The van der Waals surface area contributed by atoms with Gasteiger partial charge in [0.05, 0.1) is 0 Å². The van der Waals surface area contributed by atoms with E-state index in [4.69, 9.17) is 0 Å². The molecular weight excluding hydrogens is 288 g/mol. The SMILES string of the molecule is Cc1ccc(CNC(=O)C2CCN(C(=O)CC(C)C)CC2)cc1. The molecular formula is C19H28N2O2. The van der Waals surface area contributed by atoms with Gasteiger partial charge in [-0.25, -0.2) is 0 Å². The lowest BCUT2D eigenvalue weighted by Crippen LogP contribution is -2.43. The molecule has 23 heavy (non-hydrogen) atoms. The minimum atomic E-state index is 0.0311. The van der Waals surface area contributed by atoms with Crippen LogP contribution in [0.3, 0.4) is 0 Å². The van der Waals surface area contributed by atoms with Gasteiger partial charge >= 0.3 is 0 Å². The van der Waals surface area contributed by atoms with E-state index in [1.807, 2.05) is 17.0 Å². The highest BCUT2D eigenvalue weighted by Gasteiger charge is 2.27. The van der Waals surface area contributed by atoms with Crippen molar-refractivity contribution in [1.82, 2.24) is 10.2 Å². The number of hydrogen-bond acceptors (Lipinski definition) is 2. The number of nitrogens with zero attached hydrogens (tertiary/aromatic N) is 1. The second-order valence-electron chi connectivity index (χ2n) is 6.96. The highest BCUT2D eigenvalue weighted by Crippen LogP contribution is 2.19. The van der Waals surface area contributed by atoms with Gasteiger partial charge in [0.15, 0.2) is 0 Å². The van der Waals surface area contributed by atoms with Crippen LogP contribution in [0.4, 0.5) is 0 Å². The Bertz CT molecular complexity index is 529. The summed E-state index contributed by atoms with van der Waals surface area (Å²) in [7, 11) is 0. The Kier molecular flexibility index (Phi) is 6.20. The fraction of sp³-hybridized carbons (Fsp3) is 0.579. The maximum Gasteiger partial charge on any atom is 0.223 e. The van der Waals surface area contributed by atoms with E-state index in [0.29, 0.717) is 32.0 Å². The third kappa shape index (κ3) is 5.38. The lowest BCUT2D eigenvalue weighted by Gasteiger charge is -2.31. The first-order chi connectivity index (χ1) is 11.0. The van der Waals surface area contributed by atoms with Gasteiger partial charge in [0.2, 0.25) is 11.8 Å². The van der Waals surface area contributed by atoms with Crippen LogP contribution in [0.1, 0.15) is 44.2 Å². The summed E-state index contributed by atoms with van der Waals surface area (Å²) in [6.45, 7) is 8.15. The maximum atomic E-state index is 12.3. The van der Waals surface area contributed by atoms with Crippen LogP contribution in [0, 0.1) is 18.8 Å². The van der Waals surface area contributed by atoms with E-state index in [1.54, 1.807) is 0 Å². The minimum Gasteiger partial charge on any atom is -0.352 e. The molecule has 0 aliphatic carbocycles. The Morgan fingerprint density at radius 3 is 2.35 bits per heavy atom. The molecule has 2 rings (SSSR count). The summed E-state index contributed by atoms with van der Waals surface area (Å²) in [5, 5.41) is 3.02. The molecule has 126 valence electrons. The third-order valence-electron chi connectivity index (χ3n) is 4.39. The zero-order chi connectivity index (χ0) is 16.8. The van der Waals surface area contributed by atoms with E-state index in [2.05, 4.69) is 38.2 Å². The van der Waals surface area contributed by atoms with E-state index in [9.17, 15) is 9.59 Å². The number of nitrogens with one attached hydrogen (secondary N) is 1. The van der Waals surface area contributed by atoms with Crippen LogP contribution in [0.25, 0.3) is 0 Å². The number of piperidine rings is 1. The van der Waals surface area contributed by atoms with Crippen molar-refractivity contribution in [2.45, 2.75) is 46.6 Å². The van der Waals surface area contributed by atoms with Crippen molar-refractivity contribution in [2.24, 2.45) is 11.8 Å². The Morgan fingerprint density at radius 1 is 1.17 bits per heavy atom. The normalized spacial score (nSPS) is 15.7. The van der Waals surface area contributed by atoms with Crippen LogP contribution in [0.2, 0.25) is 0 Å². The van der Waals surface area contributed by atoms with Crippen molar-refractivity contribution in [1.29, 1.82) is 0 Å². The molecule has 0 atom stereocenters. The van der Waals surface area contributed by atoms with Crippen LogP contribution in [0.15, 0.2) is 24.3 Å². The molecule has 1 aromatic rings. The second-order valence-corrected chi connectivity index (χ2v) is 6.96. The van der Waals surface area contributed by atoms with Crippen LogP contribution >= 0.6 is 0 Å². The van der Waals surface area contributed by atoms with E-state index in [0.717, 1.165) is 18.4 Å². The lowest BCUT2D eigenvalue weighted by atomic mass is 9.95. The standard InChI is InChI=1S/C19H28N2O2/c1-14(2)12-18(22)21-10-8-17(9-11-21)19(23)20-13-16-6-4-15(3)5-7-16/h4-7,14,17H,8-13H2,1-3H3,(H,20,23). The molecule has 0 unspecified atom stereocenters. The third-order valence-corrected chi connectivity index (χ3v) is 4.39. The van der Waals surface area contributed by atoms with Gasteiger partial charge in [-0.3, -0.25) is 9.59 Å². The Morgan fingerprint density at radius 2 is 1.78 bits per heavy atom. The van der Waals surface area contributed by atoms with Gasteiger partial charge in [-0.05, 0) is 31.2 Å². The largest absolute Gasteiger partial charge is 0.352 e. The highest BCUT2D eigenvalue weighted by atomic mass is 16.2. The molecule has 0 saturated carbocycles. The van der Waals surface area contributed by atoms with Crippen molar-refractivity contribution in [3.8, 4) is 0 Å². The number of carbonyl (C=O) groups is 2. The zero-order valence-electron chi connectivity index (χ0n) is 14.5. The number of amides is 2. The summed E-state index contributed by atoms with van der Waals surface area (Å²) in [5.74, 6) is 0.752. The average molecular weight is 316 g/mol. The second kappa shape index (κ2) is 8.14. The molecule has 1 N–H and O–H groups in total. The smallest absolute Gasteiger partial charge is 0.223 e. The number of hydrogen-bond donors (Lipinski definition) is 1. The van der Waals surface area contributed by atoms with Crippen molar-refractivity contribution >= 4 is 11.8 Å². The number of benzene rings is 1. The van der Waals surface area contributed by atoms with Crippen molar-refractivity contribution < 1.29 is 9.59 Å². The van der Waals surface area contributed by atoms with E-state index in [-0.39, 0.29) is 17.7 Å². The summed E-state index contributed by atoms with van der Waals surface area (Å²) in [4.78, 5) is 26.2. The molecule has 1 saturated heterocycles. The van der Waals surface area contributed by atoms with Crippen molar-refractivity contribution in [3.63, 3.8) is 0 Å². The lowest BCUT2D eigenvalue weighted by molar-refractivity contribution is -0.136. The average Bonchev–Trinajstić information content (AvgIpc) is 2.53. The summed E-state index contributed by atoms with van der Waals surface area (Å²) >= 11 is 0. The first-order valence-corrected chi connectivity index (χ1v) is 8.56. The molecule has 0 aromatic heterocycles. The molecule has 1 aliphatic heterocycles. The van der Waals surface area contributed by atoms with E-state index < -0.39 is 0 Å². The predicted molar refractivity (Wildman–Crippen MR) is 91.8 cm³/mol. The summed E-state index contributed by atoms with van der Waals surface area (Å²) < 4.78 is 0. The zero-order valence-corrected chi connectivity index (χ0v) is 14.5. The summed E-state index contributed by atoms with van der Waals surface area (Å²) in [6.07, 6.45) is 2.14. The quantitative estimate of drug-likeness (QED) is 0.908. The topological polar surface area (TPSA) is 49.4 Å². The van der Waals surface area contributed by atoms with Gasteiger partial charge in [0.25, 0.3) is 0 Å². The minimum absolute atomic E-state index is 0.0311. The van der Waals surface area contributed by atoms with Gasteiger partial charge in [0.1, 0.15) is 0 Å². The summed E-state index contributed by atoms with van der Waals surface area (Å²) in [5.41, 5.74) is 2.34. The van der Waals surface area contributed by atoms with Crippen LogP contribution in [-0.2, 0) is 16.1 Å². The molecule has 4 heteroatoms. The van der Waals surface area contributed by atoms with Gasteiger partial charge in [-0.2, -0.15) is 0 Å². The van der Waals surface area contributed by atoms with Crippen molar-refractivity contribution in [3.05, 3.63) is 35.4 Å². The predicted octanol–water partition coefficient (Wildman–Crippen LogP) is 2.90. The number of carbonyl (C=O) groups excluding carboxylic acids is 2. The number of rotatable bonds is 5. The van der Waals surface area contributed by atoms with Crippen molar-refractivity contribution in [2.75, 3.05) is 13.1 Å². The molecule has 0 bridgehead atoms. The Hall–Kier alpha value is -1.84. The maximum absolute atomic E-state index is 12.3. The first kappa shape index (κ1) is 17.5. The van der Waals surface area contributed by atoms with Crippen LogP contribution in [-0.4, -0.2) is 29.8 Å². The molecule has 1 aromatic carbocycles. The molecule has 1 aliphatic rings. The number of aryl methyl sites for hydroxylation is 1. The van der Waals surface area contributed by atoms with Gasteiger partial charge in [-0.1, -0.05) is 43.7 Å². The highest BCUT2D eigenvalue weighted by molar-refractivity contribution is 5.80. The number of likely N-dealkylation sites (tertiary alicyclic amines) is 1. The Labute approximate surface area is 139 Å². The fourth-order valence-electron chi connectivity index (χ4n) is 2.91. The van der Waals surface area contributed by atoms with E-state index >= 15 is 0 Å². The molecule has 1 heterocycles. The Balaban J connectivity index is 1.75. The molecule has 0 spiro atoms. The first-order valence-electron chi connectivity index (χ1n) is 8.56. The van der Waals surface area contributed by atoms with Gasteiger partial charge in [0, 0.05) is 32.0 Å².